The number of aryl methyl sites for hydroxylation is 2. The molecule has 13 heavy (non-hydrogen) atoms. The second-order valence-corrected chi connectivity index (χ2v) is 3.15. The van der Waals surface area contributed by atoms with E-state index in [4.69, 9.17) is 5.73 Å². The minimum absolute atomic E-state index is 0.486. The fourth-order valence-corrected chi connectivity index (χ4v) is 1.23. The van der Waals surface area contributed by atoms with E-state index in [0.29, 0.717) is 6.54 Å². The van der Waals surface area contributed by atoms with Crippen LogP contribution in [0.15, 0.2) is 18.2 Å². The number of benzene rings is 1. The number of rotatable bonds is 2. The molecule has 3 nitrogen and oxygen atoms in total. The van der Waals surface area contributed by atoms with Crippen LogP contribution in [0.3, 0.4) is 0 Å². The number of amides is 2. The summed E-state index contributed by atoms with van der Waals surface area (Å²) in [6, 6.07) is 5.61. The molecule has 1 aromatic carbocycles. The highest BCUT2D eigenvalue weighted by atomic mass is 16.2. The molecule has 3 N–H and O–H groups in total. The zero-order chi connectivity index (χ0) is 9.84. The average Bonchev–Trinajstić information content (AvgIpc) is 2.02. The SMILES string of the molecule is Cc1ccc(CNC(N)=O)c(C)c1. The van der Waals surface area contributed by atoms with E-state index in [9.17, 15) is 4.79 Å². The number of nitrogens with one attached hydrogen (secondary N) is 1. The molecular formula is C10H14N2O. The molecule has 0 unspecified atom stereocenters. The summed E-state index contributed by atoms with van der Waals surface area (Å²) in [5.74, 6) is 0. The van der Waals surface area contributed by atoms with Crippen LogP contribution in [0.25, 0.3) is 0 Å². The number of nitrogens with two attached hydrogens (primary N) is 1. The minimum Gasteiger partial charge on any atom is -0.352 e. The molecule has 0 spiro atoms. The van der Waals surface area contributed by atoms with Crippen LogP contribution in [-0.2, 0) is 6.54 Å². The molecule has 0 aliphatic rings. The summed E-state index contributed by atoms with van der Waals surface area (Å²) in [5.41, 5.74) is 8.47. The van der Waals surface area contributed by atoms with Crippen molar-refractivity contribution in [1.82, 2.24) is 5.32 Å². The van der Waals surface area contributed by atoms with Gasteiger partial charge in [0.1, 0.15) is 0 Å². The third-order valence-corrected chi connectivity index (χ3v) is 1.95. The highest BCUT2D eigenvalue weighted by molar-refractivity contribution is 5.71. The summed E-state index contributed by atoms with van der Waals surface area (Å²) in [4.78, 5) is 10.5. The highest BCUT2D eigenvalue weighted by Gasteiger charge is 1.98. The number of hydrogen-bond acceptors (Lipinski definition) is 1. The van der Waals surface area contributed by atoms with Gasteiger partial charge in [0, 0.05) is 6.54 Å². The van der Waals surface area contributed by atoms with Gasteiger partial charge in [-0.3, -0.25) is 0 Å². The lowest BCUT2D eigenvalue weighted by atomic mass is 10.1. The van der Waals surface area contributed by atoms with E-state index in [1.807, 2.05) is 26.0 Å². The largest absolute Gasteiger partial charge is 0.352 e. The third kappa shape index (κ3) is 2.78. The fraction of sp³-hybridized carbons (Fsp3) is 0.300. The number of carbonyl (C=O) groups is 1. The molecule has 1 aromatic rings. The van der Waals surface area contributed by atoms with E-state index < -0.39 is 6.03 Å². The van der Waals surface area contributed by atoms with Crippen LogP contribution < -0.4 is 11.1 Å². The van der Waals surface area contributed by atoms with Gasteiger partial charge in [0.2, 0.25) is 0 Å². The number of hydrogen-bond donors (Lipinski definition) is 2. The summed E-state index contributed by atoms with van der Waals surface area (Å²) in [7, 11) is 0. The third-order valence-electron chi connectivity index (χ3n) is 1.95. The van der Waals surface area contributed by atoms with Gasteiger partial charge >= 0.3 is 6.03 Å². The Balaban J connectivity index is 2.72. The Kier molecular flexibility index (Phi) is 2.90. The van der Waals surface area contributed by atoms with E-state index in [-0.39, 0.29) is 0 Å². The van der Waals surface area contributed by atoms with Crippen molar-refractivity contribution in [2.24, 2.45) is 5.73 Å². The summed E-state index contributed by atoms with van der Waals surface area (Å²) < 4.78 is 0. The van der Waals surface area contributed by atoms with Gasteiger partial charge in [0.15, 0.2) is 0 Å². The van der Waals surface area contributed by atoms with Crippen LogP contribution in [0, 0.1) is 13.8 Å². The Bertz CT molecular complexity index is 321. The Labute approximate surface area is 77.9 Å². The van der Waals surface area contributed by atoms with Crippen LogP contribution in [-0.4, -0.2) is 6.03 Å². The van der Waals surface area contributed by atoms with Crippen molar-refractivity contribution < 1.29 is 4.79 Å². The summed E-state index contributed by atoms with van der Waals surface area (Å²) >= 11 is 0. The fourth-order valence-electron chi connectivity index (χ4n) is 1.23. The molecule has 0 bridgehead atoms. The lowest BCUT2D eigenvalue weighted by Crippen LogP contribution is -2.28. The normalized spacial score (nSPS) is 9.69. The molecule has 2 amide bonds. The lowest BCUT2D eigenvalue weighted by molar-refractivity contribution is 0.248. The van der Waals surface area contributed by atoms with Crippen molar-refractivity contribution in [2.75, 3.05) is 0 Å². The Hall–Kier alpha value is -1.51. The Morgan fingerprint density at radius 3 is 2.69 bits per heavy atom. The molecule has 70 valence electrons. The minimum atomic E-state index is -0.486. The molecule has 0 fully saturated rings. The maximum absolute atomic E-state index is 10.5. The summed E-state index contributed by atoms with van der Waals surface area (Å²) in [6.07, 6.45) is 0. The Morgan fingerprint density at radius 2 is 2.15 bits per heavy atom. The van der Waals surface area contributed by atoms with Gasteiger partial charge in [0.05, 0.1) is 0 Å². The van der Waals surface area contributed by atoms with E-state index in [2.05, 4.69) is 11.4 Å². The molecule has 0 saturated heterocycles. The van der Waals surface area contributed by atoms with Gasteiger partial charge in [0.25, 0.3) is 0 Å². The van der Waals surface area contributed by atoms with Gasteiger partial charge in [-0.1, -0.05) is 23.8 Å². The Morgan fingerprint density at radius 1 is 1.46 bits per heavy atom. The van der Waals surface area contributed by atoms with Crippen LogP contribution in [0.4, 0.5) is 4.79 Å². The zero-order valence-corrected chi connectivity index (χ0v) is 7.92. The standard InChI is InChI=1S/C10H14N2O/c1-7-3-4-9(8(2)5-7)6-12-10(11)13/h3-5H,6H2,1-2H3,(H3,11,12,13). The molecular weight excluding hydrogens is 164 g/mol. The second kappa shape index (κ2) is 3.94. The van der Waals surface area contributed by atoms with E-state index in [0.717, 1.165) is 5.56 Å². The lowest BCUT2D eigenvalue weighted by Gasteiger charge is -2.06. The van der Waals surface area contributed by atoms with E-state index in [1.54, 1.807) is 0 Å². The monoisotopic (exact) mass is 178 g/mol. The molecule has 0 heterocycles. The topological polar surface area (TPSA) is 55.1 Å². The van der Waals surface area contributed by atoms with Crippen molar-refractivity contribution >= 4 is 6.03 Å². The molecule has 0 radical (unpaired) electrons. The van der Waals surface area contributed by atoms with Gasteiger partial charge in [-0.2, -0.15) is 0 Å². The van der Waals surface area contributed by atoms with E-state index >= 15 is 0 Å². The van der Waals surface area contributed by atoms with Gasteiger partial charge in [-0.15, -0.1) is 0 Å². The molecule has 0 aliphatic carbocycles. The number of primary amides is 1. The first-order valence-corrected chi connectivity index (χ1v) is 4.19. The van der Waals surface area contributed by atoms with Crippen molar-refractivity contribution in [3.05, 3.63) is 34.9 Å². The first-order chi connectivity index (χ1) is 6.09. The van der Waals surface area contributed by atoms with Gasteiger partial charge in [-0.25, -0.2) is 4.79 Å². The molecule has 0 aliphatic heterocycles. The smallest absolute Gasteiger partial charge is 0.312 e. The van der Waals surface area contributed by atoms with Crippen molar-refractivity contribution in [3.63, 3.8) is 0 Å². The van der Waals surface area contributed by atoms with Crippen LogP contribution in [0.1, 0.15) is 16.7 Å². The molecule has 0 saturated carbocycles. The van der Waals surface area contributed by atoms with E-state index in [1.165, 1.54) is 11.1 Å². The quantitative estimate of drug-likeness (QED) is 0.708. The van der Waals surface area contributed by atoms with Gasteiger partial charge < -0.3 is 11.1 Å². The second-order valence-electron chi connectivity index (χ2n) is 3.15. The number of carbonyl (C=O) groups excluding carboxylic acids is 1. The van der Waals surface area contributed by atoms with Crippen molar-refractivity contribution in [2.45, 2.75) is 20.4 Å². The van der Waals surface area contributed by atoms with Crippen LogP contribution >= 0.6 is 0 Å². The van der Waals surface area contributed by atoms with Gasteiger partial charge in [-0.05, 0) is 25.0 Å². The maximum Gasteiger partial charge on any atom is 0.312 e. The predicted molar refractivity (Wildman–Crippen MR) is 52.3 cm³/mol. The highest BCUT2D eigenvalue weighted by Crippen LogP contribution is 2.09. The maximum atomic E-state index is 10.5. The van der Waals surface area contributed by atoms with Crippen molar-refractivity contribution in [3.8, 4) is 0 Å². The molecule has 3 heteroatoms. The molecule has 0 atom stereocenters. The summed E-state index contributed by atoms with van der Waals surface area (Å²) in [6.45, 7) is 4.56. The average molecular weight is 178 g/mol. The van der Waals surface area contributed by atoms with Crippen LogP contribution in [0.2, 0.25) is 0 Å². The van der Waals surface area contributed by atoms with Crippen molar-refractivity contribution in [1.29, 1.82) is 0 Å². The first-order valence-electron chi connectivity index (χ1n) is 4.19. The van der Waals surface area contributed by atoms with Crippen LogP contribution in [0.5, 0.6) is 0 Å². The molecule has 0 aromatic heterocycles. The zero-order valence-electron chi connectivity index (χ0n) is 7.92. The molecule has 1 rings (SSSR count). The number of urea groups is 1. The summed E-state index contributed by atoms with van der Waals surface area (Å²) in [5, 5.41) is 2.56. The predicted octanol–water partition coefficient (Wildman–Crippen LogP) is 1.47. The first kappa shape index (κ1) is 9.58.